The molecule has 4 heteroatoms. The van der Waals surface area contributed by atoms with Gasteiger partial charge in [-0.2, -0.15) is 0 Å². The minimum Gasteiger partial charge on any atom is -0.316 e. The summed E-state index contributed by atoms with van der Waals surface area (Å²) in [6.07, 6.45) is 5.41. The lowest BCUT2D eigenvalue weighted by molar-refractivity contribution is -0.945. The fourth-order valence-corrected chi connectivity index (χ4v) is 1.19. The molecule has 0 aromatic carbocycles. The van der Waals surface area contributed by atoms with Crippen LogP contribution >= 0.6 is 12.2 Å². The van der Waals surface area contributed by atoms with Crippen LogP contribution in [-0.2, 0) is 0 Å². The molecule has 3 N–H and O–H groups in total. The molecule has 0 atom stereocenters. The molecular weight excluding hydrogens is 170 g/mol. The zero-order chi connectivity index (χ0) is 9.19. The zero-order valence-corrected chi connectivity index (χ0v) is 8.22. The second-order valence-corrected chi connectivity index (χ2v) is 3.82. The molecule has 0 aromatic rings. The Kier molecular flexibility index (Phi) is 2.55. The number of terminal acetylenes is 1. The lowest BCUT2D eigenvalue weighted by Gasteiger charge is -2.35. The van der Waals surface area contributed by atoms with Crippen molar-refractivity contribution in [3.05, 3.63) is 0 Å². The van der Waals surface area contributed by atoms with Gasteiger partial charge in [-0.05, 0) is 18.1 Å². The van der Waals surface area contributed by atoms with Crippen LogP contribution in [0.25, 0.3) is 0 Å². The van der Waals surface area contributed by atoms with Crippen LogP contribution in [0.3, 0.4) is 0 Å². The van der Waals surface area contributed by atoms with Crippen LogP contribution < -0.4 is 15.5 Å². The highest BCUT2D eigenvalue weighted by Crippen LogP contribution is 1.91. The maximum Gasteiger partial charge on any atom is 0.174 e. The predicted molar refractivity (Wildman–Crippen MR) is 52.5 cm³/mol. The summed E-state index contributed by atoms with van der Waals surface area (Å²) in [6, 6.07) is 0. The van der Waals surface area contributed by atoms with Crippen molar-refractivity contribution < 1.29 is 4.90 Å². The third kappa shape index (κ3) is 1.87. The van der Waals surface area contributed by atoms with Crippen LogP contribution in [0.5, 0.6) is 0 Å². The maximum absolute atomic E-state index is 5.41. The Morgan fingerprint density at radius 1 is 1.50 bits per heavy atom. The second-order valence-electron chi connectivity index (χ2n) is 3.41. The Morgan fingerprint density at radius 3 is 2.42 bits per heavy atom. The normalized spacial score (nSPS) is 19.2. The molecule has 0 aromatic heterocycles. The van der Waals surface area contributed by atoms with Gasteiger partial charge in [-0.25, -0.2) is 0 Å². The quantitative estimate of drug-likeness (QED) is 0.348. The molecule has 0 radical (unpaired) electrons. The summed E-state index contributed by atoms with van der Waals surface area (Å²) < 4.78 is 0. The topological polar surface area (TPSA) is 28.5 Å². The molecule has 12 heavy (non-hydrogen) atoms. The van der Waals surface area contributed by atoms with E-state index in [-0.39, 0.29) is 5.54 Å². The molecular formula is C8H14N3S+. The van der Waals surface area contributed by atoms with Gasteiger partial charge in [0.2, 0.25) is 0 Å². The molecule has 3 nitrogen and oxygen atoms in total. The van der Waals surface area contributed by atoms with Gasteiger partial charge in [0.15, 0.2) is 24.0 Å². The van der Waals surface area contributed by atoms with Crippen LogP contribution in [0.15, 0.2) is 0 Å². The number of hydrogen-bond acceptors (Lipinski definition) is 1. The van der Waals surface area contributed by atoms with Gasteiger partial charge in [0.25, 0.3) is 0 Å². The molecule has 0 aliphatic carbocycles. The van der Waals surface area contributed by atoms with Crippen molar-refractivity contribution in [1.29, 1.82) is 0 Å². The van der Waals surface area contributed by atoms with Crippen molar-refractivity contribution in [2.24, 2.45) is 0 Å². The highest BCUT2D eigenvalue weighted by Gasteiger charge is 2.30. The van der Waals surface area contributed by atoms with E-state index >= 15 is 0 Å². The van der Waals surface area contributed by atoms with Gasteiger partial charge in [-0.1, -0.05) is 0 Å². The lowest BCUT2D eigenvalue weighted by Crippen LogP contribution is -3.23. The van der Waals surface area contributed by atoms with E-state index in [2.05, 4.69) is 16.6 Å². The van der Waals surface area contributed by atoms with E-state index in [1.165, 1.54) is 4.90 Å². The van der Waals surface area contributed by atoms with E-state index in [0.29, 0.717) is 5.11 Å². The minimum atomic E-state index is -0.143. The Hall–Kier alpha value is -0.790. The van der Waals surface area contributed by atoms with Gasteiger partial charge in [0.05, 0.1) is 0 Å². The van der Waals surface area contributed by atoms with Gasteiger partial charge >= 0.3 is 0 Å². The first-order valence-corrected chi connectivity index (χ1v) is 4.32. The Balaban J connectivity index is 2.56. The van der Waals surface area contributed by atoms with Crippen LogP contribution in [0.4, 0.5) is 0 Å². The molecule has 66 valence electrons. The van der Waals surface area contributed by atoms with E-state index in [0.717, 1.165) is 13.3 Å². The molecule has 1 aliphatic rings. The third-order valence-corrected chi connectivity index (χ3v) is 2.46. The first kappa shape index (κ1) is 9.30. The molecule has 1 rings (SSSR count). The monoisotopic (exact) mass is 184 g/mol. The summed E-state index contributed by atoms with van der Waals surface area (Å²) in [7, 11) is 0. The molecule has 0 bridgehead atoms. The van der Waals surface area contributed by atoms with Gasteiger partial charge in [-0.15, -0.1) is 6.42 Å². The Bertz CT molecular complexity index is 219. The fourth-order valence-electron chi connectivity index (χ4n) is 1.04. The van der Waals surface area contributed by atoms with Gasteiger partial charge in [-0.3, -0.25) is 4.90 Å². The average molecular weight is 184 g/mol. The molecule has 0 unspecified atom stereocenters. The summed E-state index contributed by atoms with van der Waals surface area (Å²) in [5, 5.41) is 6.83. The van der Waals surface area contributed by atoms with Gasteiger partial charge in [0, 0.05) is 13.8 Å². The number of hydrogen-bond donors (Lipinski definition) is 3. The molecule has 0 amide bonds. The highest BCUT2D eigenvalue weighted by molar-refractivity contribution is 7.80. The highest BCUT2D eigenvalue weighted by atomic mass is 32.1. The number of thiocarbonyl (C=S) groups is 1. The minimum absolute atomic E-state index is 0.143. The van der Waals surface area contributed by atoms with Crippen molar-refractivity contribution in [2.45, 2.75) is 19.4 Å². The predicted octanol–water partition coefficient (Wildman–Crippen LogP) is -1.32. The van der Waals surface area contributed by atoms with E-state index in [1.54, 1.807) is 0 Å². The van der Waals surface area contributed by atoms with Crippen LogP contribution in [-0.4, -0.2) is 24.0 Å². The smallest absolute Gasteiger partial charge is 0.174 e. The number of nitrogens with one attached hydrogen (secondary N) is 3. The summed E-state index contributed by atoms with van der Waals surface area (Å²) in [6.45, 7) is 5.67. The molecule has 1 heterocycles. The molecule has 1 saturated heterocycles. The Labute approximate surface area is 78.5 Å². The van der Waals surface area contributed by atoms with Crippen LogP contribution in [0, 0.1) is 12.3 Å². The molecule has 1 fully saturated rings. The van der Waals surface area contributed by atoms with E-state index in [1.807, 2.05) is 13.8 Å². The standard InChI is InChI=1S/C8H13N3S/c1-4-8(2,3)11-5-9-7(12)10-6-11/h1H,5-6H2,2-3H3,(H2,9,10,12)/p+1. The summed E-state index contributed by atoms with van der Waals surface area (Å²) >= 11 is 4.93. The zero-order valence-electron chi connectivity index (χ0n) is 7.40. The Morgan fingerprint density at radius 2 is 2.00 bits per heavy atom. The van der Waals surface area contributed by atoms with Crippen molar-refractivity contribution in [3.8, 4) is 12.3 Å². The average Bonchev–Trinajstić information content (AvgIpc) is 2.05. The van der Waals surface area contributed by atoms with E-state index in [4.69, 9.17) is 18.6 Å². The lowest BCUT2D eigenvalue weighted by atomic mass is 10.1. The SMILES string of the molecule is C#CC(C)(C)[NH+]1CNC(=S)NC1. The first-order chi connectivity index (χ1) is 5.56. The van der Waals surface area contributed by atoms with Crippen molar-refractivity contribution in [3.63, 3.8) is 0 Å². The van der Waals surface area contributed by atoms with Crippen molar-refractivity contribution in [2.75, 3.05) is 13.3 Å². The van der Waals surface area contributed by atoms with Crippen molar-refractivity contribution in [1.82, 2.24) is 10.6 Å². The number of rotatable bonds is 1. The van der Waals surface area contributed by atoms with Crippen LogP contribution in [0.2, 0.25) is 0 Å². The third-order valence-electron chi connectivity index (χ3n) is 2.17. The van der Waals surface area contributed by atoms with E-state index < -0.39 is 0 Å². The largest absolute Gasteiger partial charge is 0.316 e. The van der Waals surface area contributed by atoms with Gasteiger partial charge in [0.1, 0.15) is 0 Å². The fraction of sp³-hybridized carbons (Fsp3) is 0.625. The summed E-state index contributed by atoms with van der Waals surface area (Å²) in [5.41, 5.74) is -0.143. The second kappa shape index (κ2) is 3.30. The van der Waals surface area contributed by atoms with E-state index in [9.17, 15) is 0 Å². The van der Waals surface area contributed by atoms with Crippen LogP contribution in [0.1, 0.15) is 13.8 Å². The first-order valence-electron chi connectivity index (χ1n) is 3.91. The molecule has 0 saturated carbocycles. The molecule has 1 aliphatic heterocycles. The summed E-state index contributed by atoms with van der Waals surface area (Å²) in [4.78, 5) is 1.28. The maximum atomic E-state index is 5.41. The number of quaternary nitrogens is 1. The van der Waals surface area contributed by atoms with Crippen molar-refractivity contribution >= 4 is 17.3 Å². The van der Waals surface area contributed by atoms with Gasteiger partial charge < -0.3 is 10.6 Å². The summed E-state index contributed by atoms with van der Waals surface area (Å²) in [5.74, 6) is 2.77. The molecule has 0 spiro atoms.